The van der Waals surface area contributed by atoms with Gasteiger partial charge < -0.3 is 15.2 Å². The maximum atomic E-state index is 12.9. The van der Waals surface area contributed by atoms with E-state index < -0.39 is 5.69 Å². The monoisotopic (exact) mass is 382 g/mol. The Hall–Kier alpha value is -2.83. The molecule has 1 aliphatic heterocycles. The highest BCUT2D eigenvalue weighted by Crippen LogP contribution is 2.32. The number of H-pyrrole nitrogens is 2. The molecule has 0 spiro atoms. The van der Waals surface area contributed by atoms with Crippen molar-refractivity contribution in [3.63, 3.8) is 0 Å². The largest absolute Gasteiger partial charge is 0.331 e. The maximum Gasteiger partial charge on any atom is 0.325 e. The molecule has 2 amide bonds. The third-order valence-corrected chi connectivity index (χ3v) is 5.85. The fraction of sp³-hybridized carbons (Fsp3) is 0.476. The van der Waals surface area contributed by atoms with Gasteiger partial charge in [0.05, 0.1) is 12.6 Å². The molecule has 0 saturated heterocycles. The number of benzene rings is 1. The van der Waals surface area contributed by atoms with Crippen LogP contribution in [-0.4, -0.2) is 27.4 Å². The van der Waals surface area contributed by atoms with Crippen molar-refractivity contribution in [3.05, 3.63) is 67.0 Å². The zero-order valence-corrected chi connectivity index (χ0v) is 16.3. The van der Waals surface area contributed by atoms with Crippen LogP contribution < -0.4 is 16.6 Å². The van der Waals surface area contributed by atoms with E-state index in [1.165, 1.54) is 16.7 Å². The summed E-state index contributed by atoms with van der Waals surface area (Å²) in [5.41, 5.74) is 4.00. The zero-order chi connectivity index (χ0) is 19.8. The number of amides is 2. The van der Waals surface area contributed by atoms with E-state index in [1.807, 2.05) is 0 Å². The summed E-state index contributed by atoms with van der Waals surface area (Å²) in [7, 11) is 0. The number of urea groups is 1. The summed E-state index contributed by atoms with van der Waals surface area (Å²) >= 11 is 0. The topological polar surface area (TPSA) is 98.1 Å². The second-order valence-electron chi connectivity index (χ2n) is 8.04. The number of hydrogen-bond donors (Lipinski definition) is 3. The lowest BCUT2D eigenvalue weighted by molar-refractivity contribution is 0.185. The SMILES string of the molecule is CC(C)c1ccc2c(c1)[C@H](NC(=O)N1CCc3c([nH]c(=O)[nH]c3=O)C1)CCC2. The summed E-state index contributed by atoms with van der Waals surface area (Å²) < 4.78 is 0. The standard InChI is InChI=1S/C21H26N4O3/c1-12(2)14-7-6-13-4-3-5-17(16(13)10-14)23-21(28)25-9-8-15-18(11-25)22-20(27)24-19(15)26/h6-7,10,12,17H,3-5,8-9,11H2,1-2H3,(H,23,28)(H2,22,24,26,27)/t17-/m1/s1. The van der Waals surface area contributed by atoms with Crippen LogP contribution in [0.5, 0.6) is 0 Å². The zero-order valence-electron chi connectivity index (χ0n) is 16.3. The average Bonchev–Trinajstić information content (AvgIpc) is 2.67. The Labute approximate surface area is 163 Å². The van der Waals surface area contributed by atoms with Crippen LogP contribution in [0.3, 0.4) is 0 Å². The first-order valence-corrected chi connectivity index (χ1v) is 9.95. The van der Waals surface area contributed by atoms with Crippen LogP contribution in [-0.2, 0) is 19.4 Å². The molecule has 3 N–H and O–H groups in total. The van der Waals surface area contributed by atoms with Gasteiger partial charge in [0.15, 0.2) is 0 Å². The van der Waals surface area contributed by atoms with Gasteiger partial charge in [-0.2, -0.15) is 0 Å². The van der Waals surface area contributed by atoms with Gasteiger partial charge in [0.25, 0.3) is 5.56 Å². The van der Waals surface area contributed by atoms with E-state index in [0.717, 1.165) is 19.3 Å². The number of rotatable bonds is 2. The molecule has 0 fully saturated rings. The smallest absolute Gasteiger partial charge is 0.325 e. The highest BCUT2D eigenvalue weighted by Gasteiger charge is 2.27. The minimum atomic E-state index is -0.534. The number of hydrogen-bond acceptors (Lipinski definition) is 3. The van der Waals surface area contributed by atoms with E-state index >= 15 is 0 Å². The van der Waals surface area contributed by atoms with Crippen LogP contribution in [0.1, 0.15) is 66.6 Å². The first-order valence-electron chi connectivity index (χ1n) is 9.95. The van der Waals surface area contributed by atoms with E-state index in [0.29, 0.717) is 30.1 Å². The van der Waals surface area contributed by atoms with Gasteiger partial charge in [0.2, 0.25) is 0 Å². The molecule has 1 aromatic carbocycles. The Morgan fingerprint density at radius 1 is 1.21 bits per heavy atom. The van der Waals surface area contributed by atoms with E-state index in [-0.39, 0.29) is 24.2 Å². The molecule has 0 saturated carbocycles. The van der Waals surface area contributed by atoms with Crippen molar-refractivity contribution in [1.82, 2.24) is 20.2 Å². The minimum absolute atomic E-state index is 0.00503. The fourth-order valence-electron chi connectivity index (χ4n) is 4.22. The summed E-state index contributed by atoms with van der Waals surface area (Å²) in [6.45, 7) is 5.04. The van der Waals surface area contributed by atoms with Gasteiger partial charge >= 0.3 is 11.7 Å². The highest BCUT2D eigenvalue weighted by atomic mass is 16.2. The summed E-state index contributed by atoms with van der Waals surface area (Å²) in [6, 6.07) is 6.45. The van der Waals surface area contributed by atoms with Crippen molar-refractivity contribution >= 4 is 6.03 Å². The summed E-state index contributed by atoms with van der Waals surface area (Å²) in [6.07, 6.45) is 3.44. The second-order valence-corrected chi connectivity index (χ2v) is 8.04. The second kappa shape index (κ2) is 7.30. The molecule has 4 rings (SSSR count). The van der Waals surface area contributed by atoms with Crippen LogP contribution in [0, 0.1) is 0 Å². The molecule has 1 atom stereocenters. The Balaban J connectivity index is 1.53. The number of aromatic nitrogens is 2. The quantitative estimate of drug-likeness (QED) is 0.743. The molecule has 0 unspecified atom stereocenters. The van der Waals surface area contributed by atoms with Crippen molar-refractivity contribution in [2.75, 3.05) is 6.54 Å². The minimum Gasteiger partial charge on any atom is -0.331 e. The van der Waals surface area contributed by atoms with Crippen molar-refractivity contribution in [2.45, 2.75) is 58.0 Å². The van der Waals surface area contributed by atoms with Crippen molar-refractivity contribution in [3.8, 4) is 0 Å². The van der Waals surface area contributed by atoms with Crippen molar-refractivity contribution < 1.29 is 4.79 Å². The Morgan fingerprint density at radius 2 is 2.04 bits per heavy atom. The predicted molar refractivity (Wildman–Crippen MR) is 107 cm³/mol. The number of carbonyl (C=O) groups excluding carboxylic acids is 1. The number of nitrogens with zero attached hydrogens (tertiary/aromatic N) is 1. The number of fused-ring (bicyclic) bond motifs is 2. The van der Waals surface area contributed by atoms with Gasteiger partial charge in [-0.15, -0.1) is 0 Å². The molecular formula is C21H26N4O3. The van der Waals surface area contributed by atoms with Crippen LogP contribution in [0.4, 0.5) is 4.79 Å². The Kier molecular flexibility index (Phi) is 4.83. The number of nitrogens with one attached hydrogen (secondary N) is 3. The van der Waals surface area contributed by atoms with Crippen molar-refractivity contribution in [1.29, 1.82) is 0 Å². The maximum absolute atomic E-state index is 12.9. The number of aromatic amines is 2. The summed E-state index contributed by atoms with van der Waals surface area (Å²) in [5, 5.41) is 3.18. The molecule has 148 valence electrons. The molecule has 1 aliphatic carbocycles. The van der Waals surface area contributed by atoms with Crippen LogP contribution in [0.25, 0.3) is 0 Å². The van der Waals surface area contributed by atoms with Gasteiger partial charge in [0, 0.05) is 17.8 Å². The van der Waals surface area contributed by atoms with Gasteiger partial charge in [-0.05, 0) is 48.3 Å². The summed E-state index contributed by atoms with van der Waals surface area (Å²) in [4.78, 5) is 42.9. The number of carbonyl (C=O) groups is 1. The molecular weight excluding hydrogens is 356 g/mol. The Morgan fingerprint density at radius 3 is 2.82 bits per heavy atom. The van der Waals surface area contributed by atoms with Gasteiger partial charge in [-0.1, -0.05) is 32.0 Å². The molecule has 7 nitrogen and oxygen atoms in total. The van der Waals surface area contributed by atoms with Gasteiger partial charge in [0.1, 0.15) is 0 Å². The molecule has 2 aromatic rings. The Bertz CT molecular complexity index is 1020. The van der Waals surface area contributed by atoms with E-state index in [2.05, 4.69) is 47.3 Å². The third-order valence-electron chi connectivity index (χ3n) is 5.85. The first-order chi connectivity index (χ1) is 13.4. The molecule has 2 heterocycles. The molecule has 0 bridgehead atoms. The summed E-state index contributed by atoms with van der Waals surface area (Å²) in [5.74, 6) is 0.442. The molecule has 1 aromatic heterocycles. The first kappa shape index (κ1) is 18.5. The lowest BCUT2D eigenvalue weighted by Gasteiger charge is -2.32. The fourth-order valence-corrected chi connectivity index (χ4v) is 4.22. The lowest BCUT2D eigenvalue weighted by Crippen LogP contribution is -2.46. The van der Waals surface area contributed by atoms with Gasteiger partial charge in [-0.3, -0.25) is 9.78 Å². The highest BCUT2D eigenvalue weighted by molar-refractivity contribution is 5.75. The number of aryl methyl sites for hydroxylation is 1. The van der Waals surface area contributed by atoms with E-state index in [4.69, 9.17) is 0 Å². The van der Waals surface area contributed by atoms with Gasteiger partial charge in [-0.25, -0.2) is 9.59 Å². The van der Waals surface area contributed by atoms with E-state index in [9.17, 15) is 14.4 Å². The molecule has 7 heteroatoms. The normalized spacial score (nSPS) is 18.5. The van der Waals surface area contributed by atoms with Crippen molar-refractivity contribution in [2.24, 2.45) is 0 Å². The molecule has 2 aliphatic rings. The van der Waals surface area contributed by atoms with Crippen LogP contribution in [0.15, 0.2) is 27.8 Å². The molecule has 28 heavy (non-hydrogen) atoms. The average molecular weight is 382 g/mol. The van der Waals surface area contributed by atoms with Crippen LogP contribution in [0.2, 0.25) is 0 Å². The van der Waals surface area contributed by atoms with E-state index in [1.54, 1.807) is 4.90 Å². The lowest BCUT2D eigenvalue weighted by atomic mass is 9.85. The molecule has 0 radical (unpaired) electrons. The van der Waals surface area contributed by atoms with Crippen LogP contribution >= 0.6 is 0 Å². The third kappa shape index (κ3) is 3.48. The predicted octanol–water partition coefficient (Wildman–Crippen LogP) is 2.33.